The number of pyridine rings is 2. The average Bonchev–Trinajstić information content (AvgIpc) is 3.24. The molecular weight excluding hydrogens is 384 g/mol. The maximum absolute atomic E-state index is 5.83. The molecule has 5 aromatic rings. The molecule has 4 heterocycles. The summed E-state index contributed by atoms with van der Waals surface area (Å²) in [6.45, 7) is 4.56. The topological polar surface area (TPSA) is 55.1 Å². The van der Waals surface area contributed by atoms with Gasteiger partial charge in [0.2, 0.25) is 5.89 Å². The van der Waals surface area contributed by atoms with Crippen molar-refractivity contribution in [1.82, 2.24) is 15.0 Å². The van der Waals surface area contributed by atoms with Crippen LogP contribution in [0.4, 0.5) is 17.1 Å². The van der Waals surface area contributed by atoms with Crippen LogP contribution in [0.1, 0.15) is 25.0 Å². The first-order valence-corrected chi connectivity index (χ1v) is 10.3. The number of hydrogen-bond donors (Lipinski definition) is 0. The number of nitrogens with zero attached hydrogens (tertiary/aromatic N) is 4. The van der Waals surface area contributed by atoms with E-state index in [1.54, 1.807) is 6.20 Å². The monoisotopic (exact) mass is 404 g/mol. The van der Waals surface area contributed by atoms with Crippen LogP contribution in [0.3, 0.4) is 0 Å². The molecule has 0 fully saturated rings. The fourth-order valence-electron chi connectivity index (χ4n) is 4.47. The Morgan fingerprint density at radius 3 is 2.13 bits per heavy atom. The molecule has 150 valence electrons. The molecule has 0 aliphatic carbocycles. The lowest BCUT2D eigenvalue weighted by Gasteiger charge is -2.41. The summed E-state index contributed by atoms with van der Waals surface area (Å²) < 4.78 is 5.83. The summed E-state index contributed by atoms with van der Waals surface area (Å²) in [6, 6.07) is 24.9. The molecule has 2 aromatic carbocycles. The molecule has 6 rings (SSSR count). The van der Waals surface area contributed by atoms with Gasteiger partial charge in [0.05, 0.1) is 23.3 Å². The van der Waals surface area contributed by atoms with Crippen molar-refractivity contribution in [2.24, 2.45) is 0 Å². The molecular formula is C26H20N4O. The van der Waals surface area contributed by atoms with Crippen molar-refractivity contribution in [1.29, 1.82) is 0 Å². The van der Waals surface area contributed by atoms with Gasteiger partial charge < -0.3 is 9.32 Å². The van der Waals surface area contributed by atoms with E-state index in [1.807, 2.05) is 24.4 Å². The van der Waals surface area contributed by atoms with E-state index in [9.17, 15) is 0 Å². The number of rotatable bonds is 2. The van der Waals surface area contributed by atoms with Crippen LogP contribution in [0.25, 0.3) is 22.8 Å². The lowest BCUT2D eigenvalue weighted by atomic mass is 9.73. The Morgan fingerprint density at radius 1 is 0.774 bits per heavy atom. The highest BCUT2D eigenvalue weighted by atomic mass is 16.3. The van der Waals surface area contributed by atoms with Crippen LogP contribution in [0.15, 0.2) is 89.6 Å². The molecule has 3 aromatic heterocycles. The molecule has 0 atom stereocenters. The molecule has 0 saturated carbocycles. The van der Waals surface area contributed by atoms with Crippen molar-refractivity contribution in [3.8, 4) is 11.6 Å². The van der Waals surface area contributed by atoms with Crippen LogP contribution in [0, 0.1) is 0 Å². The van der Waals surface area contributed by atoms with Crippen LogP contribution in [-0.2, 0) is 5.41 Å². The summed E-state index contributed by atoms with van der Waals surface area (Å²) in [4.78, 5) is 15.7. The normalized spacial score (nSPS) is 14.3. The molecule has 0 unspecified atom stereocenters. The van der Waals surface area contributed by atoms with Gasteiger partial charge in [-0.15, -0.1) is 0 Å². The summed E-state index contributed by atoms with van der Waals surface area (Å²) in [5.41, 5.74) is 7.77. The van der Waals surface area contributed by atoms with Gasteiger partial charge in [-0.25, -0.2) is 9.97 Å². The molecule has 31 heavy (non-hydrogen) atoms. The largest absolute Gasteiger partial charge is 0.433 e. The zero-order valence-corrected chi connectivity index (χ0v) is 17.3. The molecule has 0 amide bonds. The van der Waals surface area contributed by atoms with E-state index in [0.29, 0.717) is 22.8 Å². The van der Waals surface area contributed by atoms with Crippen molar-refractivity contribution in [2.45, 2.75) is 19.3 Å². The van der Waals surface area contributed by atoms with Crippen molar-refractivity contribution < 1.29 is 4.42 Å². The van der Waals surface area contributed by atoms with E-state index < -0.39 is 0 Å². The number of hydrogen-bond acceptors (Lipinski definition) is 5. The Morgan fingerprint density at radius 2 is 1.48 bits per heavy atom. The first-order chi connectivity index (χ1) is 15.1. The highest BCUT2D eigenvalue weighted by molar-refractivity contribution is 5.85. The number of oxazole rings is 1. The Hall–Kier alpha value is -3.99. The van der Waals surface area contributed by atoms with E-state index in [4.69, 9.17) is 4.42 Å². The number of benzene rings is 2. The summed E-state index contributed by atoms with van der Waals surface area (Å²) >= 11 is 0. The maximum atomic E-state index is 5.83. The molecule has 5 heteroatoms. The second-order valence-corrected chi connectivity index (χ2v) is 8.24. The van der Waals surface area contributed by atoms with E-state index in [-0.39, 0.29) is 5.41 Å². The Labute approximate surface area is 180 Å². The molecule has 1 aliphatic rings. The summed E-state index contributed by atoms with van der Waals surface area (Å²) in [7, 11) is 0. The highest BCUT2D eigenvalue weighted by Gasteiger charge is 2.36. The first-order valence-electron chi connectivity index (χ1n) is 10.3. The molecule has 0 bridgehead atoms. The van der Waals surface area contributed by atoms with E-state index in [2.05, 4.69) is 88.3 Å². The van der Waals surface area contributed by atoms with Gasteiger partial charge in [-0.05, 0) is 47.5 Å². The van der Waals surface area contributed by atoms with Gasteiger partial charge >= 0.3 is 0 Å². The van der Waals surface area contributed by atoms with Crippen molar-refractivity contribution >= 4 is 28.3 Å². The van der Waals surface area contributed by atoms with Gasteiger partial charge in [0, 0.05) is 11.6 Å². The first kappa shape index (κ1) is 17.8. The van der Waals surface area contributed by atoms with Crippen LogP contribution in [0.2, 0.25) is 0 Å². The summed E-state index contributed by atoms with van der Waals surface area (Å²) in [6.07, 6.45) is 3.58. The predicted molar refractivity (Wildman–Crippen MR) is 122 cm³/mol. The number of anilines is 3. The smallest absolute Gasteiger partial charge is 0.247 e. The van der Waals surface area contributed by atoms with Crippen LogP contribution in [-0.4, -0.2) is 15.0 Å². The molecule has 0 N–H and O–H groups in total. The van der Waals surface area contributed by atoms with Gasteiger partial charge in [0.25, 0.3) is 0 Å². The SMILES string of the molecule is CC1(C)c2ccccc2N(c2ccc(-c3nc4ncccc4o3)nc2)c2ccccc21. The molecule has 0 spiro atoms. The Balaban J connectivity index is 1.47. The molecule has 0 saturated heterocycles. The molecule has 0 radical (unpaired) electrons. The van der Waals surface area contributed by atoms with Crippen molar-refractivity contribution in [3.63, 3.8) is 0 Å². The van der Waals surface area contributed by atoms with Crippen molar-refractivity contribution in [2.75, 3.05) is 4.90 Å². The zero-order chi connectivity index (χ0) is 21.0. The predicted octanol–water partition coefficient (Wildman–Crippen LogP) is 6.39. The Bertz CT molecular complexity index is 1340. The second-order valence-electron chi connectivity index (χ2n) is 8.24. The lowest BCUT2D eigenvalue weighted by Crippen LogP contribution is -2.30. The van der Waals surface area contributed by atoms with Gasteiger partial charge in [-0.2, -0.15) is 4.98 Å². The van der Waals surface area contributed by atoms with Gasteiger partial charge in [-0.3, -0.25) is 0 Å². The highest BCUT2D eigenvalue weighted by Crippen LogP contribution is 2.51. The number of aromatic nitrogens is 3. The third-order valence-electron chi connectivity index (χ3n) is 6.03. The summed E-state index contributed by atoms with van der Waals surface area (Å²) in [5, 5.41) is 0. The van der Waals surface area contributed by atoms with E-state index in [0.717, 1.165) is 5.69 Å². The van der Waals surface area contributed by atoms with Crippen LogP contribution in [0.5, 0.6) is 0 Å². The number of para-hydroxylation sites is 2. The van der Waals surface area contributed by atoms with Crippen LogP contribution < -0.4 is 4.90 Å². The fourth-order valence-corrected chi connectivity index (χ4v) is 4.47. The fraction of sp³-hybridized carbons (Fsp3) is 0.115. The van der Waals surface area contributed by atoms with Gasteiger partial charge in [0.1, 0.15) is 5.69 Å². The summed E-state index contributed by atoms with van der Waals surface area (Å²) in [5.74, 6) is 0.473. The Kier molecular flexibility index (Phi) is 3.74. The quantitative estimate of drug-likeness (QED) is 0.341. The van der Waals surface area contributed by atoms with E-state index >= 15 is 0 Å². The second kappa shape index (κ2) is 6.51. The third-order valence-corrected chi connectivity index (χ3v) is 6.03. The minimum atomic E-state index is -0.0811. The zero-order valence-electron chi connectivity index (χ0n) is 17.3. The standard InChI is InChI=1S/C26H20N4O/c1-26(2)18-8-3-5-10-21(18)30(22-11-6-4-9-19(22)26)17-13-14-20(28-16-17)25-29-24-23(31-25)12-7-15-27-24/h3-16H,1-2H3. The van der Waals surface area contributed by atoms with Gasteiger partial charge in [0.15, 0.2) is 11.2 Å². The molecule has 1 aliphatic heterocycles. The van der Waals surface area contributed by atoms with Crippen molar-refractivity contribution in [3.05, 3.63) is 96.3 Å². The average molecular weight is 404 g/mol. The van der Waals surface area contributed by atoms with Gasteiger partial charge in [-0.1, -0.05) is 50.2 Å². The third kappa shape index (κ3) is 2.66. The maximum Gasteiger partial charge on any atom is 0.247 e. The minimum Gasteiger partial charge on any atom is -0.433 e. The minimum absolute atomic E-state index is 0.0811. The lowest BCUT2D eigenvalue weighted by molar-refractivity contribution is 0.616. The van der Waals surface area contributed by atoms with Crippen LogP contribution >= 0.6 is 0 Å². The molecule has 5 nitrogen and oxygen atoms in total. The number of fused-ring (bicyclic) bond motifs is 3. The van der Waals surface area contributed by atoms with E-state index in [1.165, 1.54) is 22.5 Å².